The van der Waals surface area contributed by atoms with E-state index in [2.05, 4.69) is 18.7 Å². The van der Waals surface area contributed by atoms with Crippen LogP contribution in [0, 0.1) is 0 Å². The SMILES string of the molecule is CCCCCCCCCCC(O)CN(CCC)CC(O)COC[C@H]1O[C@@H]2OC(C)(C)O[C@@H]2[C@H]2OC(C)(C)O[C@H]21. The topological polar surface area (TPSA) is 99.1 Å². The van der Waals surface area contributed by atoms with Gasteiger partial charge in [0, 0.05) is 13.1 Å². The van der Waals surface area contributed by atoms with Crippen molar-refractivity contribution in [2.24, 2.45) is 0 Å². The van der Waals surface area contributed by atoms with Gasteiger partial charge in [0.1, 0.15) is 24.4 Å². The Morgan fingerprint density at radius 3 is 2.00 bits per heavy atom. The zero-order chi connectivity index (χ0) is 28.5. The Labute approximate surface area is 236 Å². The van der Waals surface area contributed by atoms with Crippen LogP contribution in [-0.4, -0.2) is 102 Å². The molecule has 0 aromatic rings. The minimum absolute atomic E-state index is 0.173. The Kier molecular flexibility index (Phi) is 13.4. The lowest BCUT2D eigenvalue weighted by Gasteiger charge is -2.37. The molecule has 0 aromatic carbocycles. The number of hydrogen-bond acceptors (Lipinski definition) is 9. The molecule has 9 heteroatoms. The van der Waals surface area contributed by atoms with Crippen molar-refractivity contribution in [2.45, 2.75) is 160 Å². The van der Waals surface area contributed by atoms with E-state index in [9.17, 15) is 10.2 Å². The second kappa shape index (κ2) is 15.8. The average Bonchev–Trinajstić information content (AvgIpc) is 3.34. The summed E-state index contributed by atoms with van der Waals surface area (Å²) in [7, 11) is 0. The summed E-state index contributed by atoms with van der Waals surface area (Å²) < 4.78 is 36.4. The van der Waals surface area contributed by atoms with Gasteiger partial charge in [-0.3, -0.25) is 4.90 Å². The van der Waals surface area contributed by atoms with E-state index in [-0.39, 0.29) is 37.6 Å². The van der Waals surface area contributed by atoms with Gasteiger partial charge in [0.15, 0.2) is 17.9 Å². The predicted molar refractivity (Wildman–Crippen MR) is 149 cm³/mol. The van der Waals surface area contributed by atoms with Gasteiger partial charge in [0.2, 0.25) is 0 Å². The lowest BCUT2D eigenvalue weighted by molar-refractivity contribution is -0.244. The van der Waals surface area contributed by atoms with Crippen LogP contribution >= 0.6 is 0 Å². The molecular weight excluding hydrogens is 502 g/mol. The minimum atomic E-state index is -0.760. The van der Waals surface area contributed by atoms with E-state index in [4.69, 9.17) is 28.4 Å². The van der Waals surface area contributed by atoms with E-state index < -0.39 is 30.1 Å². The minimum Gasteiger partial charge on any atom is -0.392 e. The van der Waals surface area contributed by atoms with Gasteiger partial charge in [-0.15, -0.1) is 0 Å². The third-order valence-corrected chi connectivity index (χ3v) is 7.71. The predicted octanol–water partition coefficient (Wildman–Crippen LogP) is 4.36. The lowest BCUT2D eigenvalue weighted by atomic mass is 9.99. The van der Waals surface area contributed by atoms with Crippen LogP contribution in [0.1, 0.15) is 106 Å². The fourth-order valence-corrected chi connectivity index (χ4v) is 5.98. The number of aliphatic hydroxyl groups is 2. The maximum atomic E-state index is 10.7. The first kappa shape index (κ1) is 33.1. The van der Waals surface area contributed by atoms with Crippen molar-refractivity contribution in [1.82, 2.24) is 4.90 Å². The maximum absolute atomic E-state index is 10.7. The number of ether oxygens (including phenoxy) is 6. The third kappa shape index (κ3) is 10.8. The first-order valence-corrected chi connectivity index (χ1v) is 15.6. The Hall–Kier alpha value is -0.360. The number of nitrogens with zero attached hydrogens (tertiary/aromatic N) is 1. The quantitative estimate of drug-likeness (QED) is 0.224. The van der Waals surface area contributed by atoms with E-state index in [1.807, 2.05) is 27.7 Å². The molecule has 2 unspecified atom stereocenters. The van der Waals surface area contributed by atoms with Crippen LogP contribution in [0.15, 0.2) is 0 Å². The van der Waals surface area contributed by atoms with Gasteiger partial charge < -0.3 is 38.6 Å². The summed E-state index contributed by atoms with van der Waals surface area (Å²) in [6.45, 7) is 14.1. The van der Waals surface area contributed by atoms with E-state index in [0.29, 0.717) is 13.1 Å². The number of hydrogen-bond donors (Lipinski definition) is 2. The molecule has 3 heterocycles. The van der Waals surface area contributed by atoms with Gasteiger partial charge in [-0.25, -0.2) is 0 Å². The van der Waals surface area contributed by atoms with Crippen LogP contribution in [0.5, 0.6) is 0 Å². The molecule has 3 fully saturated rings. The molecule has 3 aliphatic rings. The summed E-state index contributed by atoms with van der Waals surface area (Å²) in [5, 5.41) is 21.3. The van der Waals surface area contributed by atoms with E-state index in [0.717, 1.165) is 25.8 Å². The molecule has 3 aliphatic heterocycles. The highest BCUT2D eigenvalue weighted by molar-refractivity contribution is 5.00. The van der Waals surface area contributed by atoms with Crippen molar-refractivity contribution < 1.29 is 38.6 Å². The molecule has 230 valence electrons. The molecular formula is C30H57NO8. The van der Waals surface area contributed by atoms with Crippen LogP contribution in [0.25, 0.3) is 0 Å². The van der Waals surface area contributed by atoms with Crippen LogP contribution in [0.3, 0.4) is 0 Å². The van der Waals surface area contributed by atoms with Crippen LogP contribution < -0.4 is 0 Å². The Bertz CT molecular complexity index is 692. The highest BCUT2D eigenvalue weighted by Gasteiger charge is 2.60. The first-order valence-electron chi connectivity index (χ1n) is 15.6. The molecule has 2 N–H and O–H groups in total. The van der Waals surface area contributed by atoms with Crippen molar-refractivity contribution in [3.63, 3.8) is 0 Å². The molecule has 0 radical (unpaired) electrons. The number of fused-ring (bicyclic) bond motifs is 3. The Balaban J connectivity index is 1.37. The number of rotatable bonds is 19. The van der Waals surface area contributed by atoms with Gasteiger partial charge in [-0.2, -0.15) is 0 Å². The monoisotopic (exact) mass is 559 g/mol. The highest BCUT2D eigenvalue weighted by Crippen LogP contribution is 2.44. The van der Waals surface area contributed by atoms with E-state index >= 15 is 0 Å². The highest BCUT2D eigenvalue weighted by atomic mass is 16.9. The van der Waals surface area contributed by atoms with Gasteiger partial charge in [0.25, 0.3) is 0 Å². The van der Waals surface area contributed by atoms with Crippen LogP contribution in [-0.2, 0) is 28.4 Å². The van der Waals surface area contributed by atoms with Crippen molar-refractivity contribution in [3.05, 3.63) is 0 Å². The molecule has 0 aromatic heterocycles. The van der Waals surface area contributed by atoms with Crippen molar-refractivity contribution in [3.8, 4) is 0 Å². The molecule has 0 aliphatic carbocycles. The van der Waals surface area contributed by atoms with Crippen LogP contribution in [0.4, 0.5) is 0 Å². The van der Waals surface area contributed by atoms with E-state index in [1.54, 1.807) is 0 Å². The largest absolute Gasteiger partial charge is 0.392 e. The number of aliphatic hydroxyl groups excluding tert-OH is 2. The average molecular weight is 560 g/mol. The summed E-state index contributed by atoms with van der Waals surface area (Å²) in [6, 6.07) is 0. The van der Waals surface area contributed by atoms with Gasteiger partial charge in [-0.05, 0) is 47.1 Å². The molecule has 0 amide bonds. The molecule has 0 saturated carbocycles. The third-order valence-electron chi connectivity index (χ3n) is 7.71. The molecule has 0 bridgehead atoms. The molecule has 9 nitrogen and oxygen atoms in total. The second-order valence-electron chi connectivity index (χ2n) is 12.6. The number of unbranched alkanes of at least 4 members (excludes halogenated alkanes) is 7. The van der Waals surface area contributed by atoms with Crippen molar-refractivity contribution in [2.75, 3.05) is 32.8 Å². The molecule has 0 spiro atoms. The fraction of sp³-hybridized carbons (Fsp3) is 1.00. The molecule has 39 heavy (non-hydrogen) atoms. The van der Waals surface area contributed by atoms with Crippen molar-refractivity contribution >= 4 is 0 Å². The zero-order valence-corrected chi connectivity index (χ0v) is 25.4. The standard InChI is InChI=1S/C30H57NO8/c1-7-9-10-11-12-13-14-15-16-22(32)18-31(17-8-2)19-23(33)20-34-21-24-25-26(37-29(3,4)36-25)27-28(35-24)39-30(5,6)38-27/h22-28,32-33H,7-21H2,1-6H3/t22?,23?,24-,25+,26+,27-,28-/m1/s1. The summed E-state index contributed by atoms with van der Waals surface area (Å²) in [4.78, 5) is 2.14. The van der Waals surface area contributed by atoms with Crippen LogP contribution in [0.2, 0.25) is 0 Å². The first-order chi connectivity index (χ1) is 18.5. The summed E-state index contributed by atoms with van der Waals surface area (Å²) in [6.07, 6.45) is 8.83. The zero-order valence-electron chi connectivity index (χ0n) is 25.4. The molecule has 3 rings (SSSR count). The Morgan fingerprint density at radius 2 is 1.31 bits per heavy atom. The molecule has 7 atom stereocenters. The van der Waals surface area contributed by atoms with E-state index in [1.165, 1.54) is 44.9 Å². The van der Waals surface area contributed by atoms with Crippen molar-refractivity contribution in [1.29, 1.82) is 0 Å². The fourth-order valence-electron chi connectivity index (χ4n) is 5.98. The van der Waals surface area contributed by atoms with Gasteiger partial charge >= 0.3 is 0 Å². The normalized spacial score (nSPS) is 30.8. The summed E-state index contributed by atoms with van der Waals surface area (Å²) in [5.74, 6) is -1.51. The molecule has 3 saturated heterocycles. The summed E-state index contributed by atoms with van der Waals surface area (Å²) >= 11 is 0. The smallest absolute Gasteiger partial charge is 0.190 e. The second-order valence-corrected chi connectivity index (χ2v) is 12.6. The van der Waals surface area contributed by atoms with Gasteiger partial charge in [0.05, 0.1) is 25.4 Å². The summed E-state index contributed by atoms with van der Waals surface area (Å²) in [5.41, 5.74) is 0. The Morgan fingerprint density at radius 1 is 0.718 bits per heavy atom. The maximum Gasteiger partial charge on any atom is 0.190 e. The van der Waals surface area contributed by atoms with Gasteiger partial charge in [-0.1, -0.05) is 65.2 Å². The lowest BCUT2D eigenvalue weighted by Crippen LogP contribution is -2.56.